The van der Waals surface area contributed by atoms with E-state index in [2.05, 4.69) is 29.1 Å². The van der Waals surface area contributed by atoms with Gasteiger partial charge in [0.25, 0.3) is 0 Å². The first-order valence-corrected chi connectivity index (χ1v) is 25.6. The third-order valence-corrected chi connectivity index (χ3v) is 12.8. The molecule has 0 radical (unpaired) electrons. The highest BCUT2D eigenvalue weighted by Crippen LogP contribution is 2.50. The Hall–Kier alpha value is -6.92. The number of carbonyl (C=O) groups excluding carboxylic acids is 5. The maximum atomic E-state index is 13.2. The molecule has 5 rings (SSSR count). The van der Waals surface area contributed by atoms with Crippen LogP contribution in [0.25, 0.3) is 0 Å². The molecule has 0 fully saturated rings. The van der Waals surface area contributed by atoms with E-state index in [9.17, 15) is 24.0 Å². The number of carbonyl (C=O) groups is 5. The minimum atomic E-state index is -3.77. The van der Waals surface area contributed by atoms with E-state index >= 15 is 0 Å². The number of thioether (sulfide) groups is 2. The summed E-state index contributed by atoms with van der Waals surface area (Å²) in [5, 5.41) is 7.92. The molecule has 69 heavy (non-hydrogen) atoms. The molecule has 5 aromatic carbocycles. The number of esters is 2. The van der Waals surface area contributed by atoms with E-state index in [-0.39, 0.29) is 59.9 Å². The fourth-order valence-corrected chi connectivity index (χ4v) is 9.36. The molecule has 3 amide bonds. The van der Waals surface area contributed by atoms with Crippen LogP contribution in [0, 0.1) is 0 Å². The first kappa shape index (κ1) is 53.0. The van der Waals surface area contributed by atoms with Crippen molar-refractivity contribution in [2.45, 2.75) is 36.2 Å². The molecule has 16 nitrogen and oxygen atoms in total. The van der Waals surface area contributed by atoms with E-state index in [0.29, 0.717) is 34.1 Å². The van der Waals surface area contributed by atoms with Crippen LogP contribution < -0.4 is 29.5 Å². The molecule has 0 saturated carbocycles. The zero-order chi connectivity index (χ0) is 49.4. The number of nitrogens with one attached hydrogen (secondary N) is 3. The summed E-state index contributed by atoms with van der Waals surface area (Å²) in [6.07, 6.45) is -2.54. The Morgan fingerprint density at radius 2 is 0.928 bits per heavy atom. The Morgan fingerprint density at radius 1 is 0.551 bits per heavy atom. The molecule has 0 spiro atoms. The number of hydrogen-bond donors (Lipinski definition) is 3. The van der Waals surface area contributed by atoms with Crippen LogP contribution in [-0.2, 0) is 45.1 Å². The summed E-state index contributed by atoms with van der Waals surface area (Å²) in [5.41, 5.74) is 2.00. The normalized spacial score (nSPS) is 11.4. The first-order chi connectivity index (χ1) is 33.2. The number of benzene rings is 5. The Balaban J connectivity index is 0.00000592. The van der Waals surface area contributed by atoms with Gasteiger partial charge in [0, 0.05) is 60.0 Å². The van der Waals surface area contributed by atoms with Crippen molar-refractivity contribution in [1.29, 1.82) is 0 Å². The molecule has 3 N–H and O–H groups in total. The maximum absolute atomic E-state index is 13.2. The molecule has 1 unspecified atom stereocenters. The summed E-state index contributed by atoms with van der Waals surface area (Å²) >= 11 is 9.10. The van der Waals surface area contributed by atoms with Crippen LogP contribution >= 0.6 is 30.2 Å². The lowest BCUT2D eigenvalue weighted by molar-refractivity contribution is -0.143. The average Bonchev–Trinajstić information content (AvgIpc) is 3.32. The average molecular weight is 1020 g/mol. The molecule has 0 aliphatic heterocycles. The zero-order valence-electron chi connectivity index (χ0n) is 37.6. The largest absolute Gasteiger partial charge is 0.490 e. The van der Waals surface area contributed by atoms with Crippen molar-refractivity contribution in [3.8, 4) is 17.2 Å². The minimum absolute atomic E-state index is 0. The lowest BCUT2D eigenvalue weighted by Gasteiger charge is -2.23. The van der Waals surface area contributed by atoms with E-state index in [1.54, 1.807) is 54.7 Å². The molecule has 368 valence electrons. The van der Waals surface area contributed by atoms with Crippen molar-refractivity contribution in [1.82, 2.24) is 0 Å². The molecule has 0 aromatic heterocycles. The van der Waals surface area contributed by atoms with E-state index < -0.39 is 43.0 Å². The Bertz CT molecular complexity index is 2530. The van der Waals surface area contributed by atoms with Gasteiger partial charge in [-0.2, -0.15) is 0 Å². The van der Waals surface area contributed by atoms with Gasteiger partial charge in [-0.15, -0.1) is 23.5 Å². The van der Waals surface area contributed by atoms with Crippen LogP contribution in [0.15, 0.2) is 168 Å². The summed E-state index contributed by atoms with van der Waals surface area (Å²) in [6, 6.07) is 38.4. The summed E-state index contributed by atoms with van der Waals surface area (Å²) < 4.78 is 44.6. The molecule has 0 heterocycles. The first-order valence-electron chi connectivity index (χ1n) is 21.0. The highest BCUT2D eigenvalue weighted by atomic mass is 32.5. The maximum Gasteiger partial charge on any atom is 0.490 e. The van der Waals surface area contributed by atoms with Crippen LogP contribution in [-0.4, -0.2) is 74.3 Å². The van der Waals surface area contributed by atoms with Gasteiger partial charge in [-0.1, -0.05) is 55.1 Å². The Morgan fingerprint density at radius 3 is 1.32 bits per heavy atom. The molecule has 1 atom stereocenters. The minimum Gasteiger partial charge on any atom is -0.462 e. The smallest absolute Gasteiger partial charge is 0.462 e. The fraction of sp³-hybridized carbons (Fsp3) is 0.204. The monoisotopic (exact) mass is 1020 g/mol. The van der Waals surface area contributed by atoms with E-state index in [1.165, 1.54) is 55.5 Å². The van der Waals surface area contributed by atoms with Gasteiger partial charge in [0.2, 0.25) is 0 Å². The molecule has 0 bridgehead atoms. The molecule has 0 saturated heterocycles. The molecule has 0 aliphatic carbocycles. The van der Waals surface area contributed by atoms with Gasteiger partial charge in [-0.25, -0.2) is 19.2 Å². The third kappa shape index (κ3) is 20.5. The second-order valence-electron chi connectivity index (χ2n) is 14.5. The second kappa shape index (κ2) is 27.8. The number of amides is 3. The Labute approximate surface area is 418 Å². The lowest BCUT2D eigenvalue weighted by Crippen LogP contribution is -2.26. The van der Waals surface area contributed by atoms with Gasteiger partial charge in [-0.3, -0.25) is 20.7 Å². The van der Waals surface area contributed by atoms with Crippen molar-refractivity contribution in [2.24, 2.45) is 0 Å². The van der Waals surface area contributed by atoms with Crippen LogP contribution in [0.3, 0.4) is 0 Å². The number of rotatable bonds is 25. The topological polar surface area (TPSA) is 195 Å². The third-order valence-electron chi connectivity index (χ3n) is 8.51. The summed E-state index contributed by atoms with van der Waals surface area (Å²) in [7, 11) is 0. The van der Waals surface area contributed by atoms with Gasteiger partial charge in [0.15, 0.2) is 0 Å². The van der Waals surface area contributed by atoms with Gasteiger partial charge < -0.3 is 37.3 Å². The molecule has 20 heteroatoms. The molecular weight excluding hydrogens is 966 g/mol. The summed E-state index contributed by atoms with van der Waals surface area (Å²) in [6.45, 7) is 6.00. The van der Waals surface area contributed by atoms with Crippen molar-refractivity contribution in [3.05, 3.63) is 158 Å². The molecule has 5 aromatic rings. The fourth-order valence-electron chi connectivity index (χ4n) is 5.35. The highest BCUT2D eigenvalue weighted by Gasteiger charge is 2.27. The van der Waals surface area contributed by atoms with Gasteiger partial charge >= 0.3 is 36.9 Å². The summed E-state index contributed by atoms with van der Waals surface area (Å²) in [5.74, 6) is 0.708. The SMILES string of the molecule is C=C(C)CC(=O)OCCOC(=O)Nc1ccc(OP(=S)(Oc2ccc(NC(=O)OCCOC(=O)C(=C)C)cc2)Oc2ccc(NC(=O)OC(CSc3ccccc3)CSc3ccccc3)cc2)cc1.[HH].[HH].[HH]. The standard InChI is InChI=1S/C49H50N3O13PS3.3H2/c1-34(2)31-45(53)58-27-29-60-47(55)50-36-15-21-39(22-16-36)63-66(67,64-40-23-17-37(18-24-40)51-48(56)61-30-28-59-46(54)35(3)4)65-41-25-19-38(20-26-41)52-49(57)62-42(32-68-43-11-7-5-8-12-43)33-69-44-13-9-6-10-14-44;;;/h5-26,42H,1,3,27-33H2,2,4H3,(H,50,55)(H,51,56)(H,52,57);3*1H. The zero-order valence-corrected chi connectivity index (χ0v) is 41.0. The number of anilines is 3. The van der Waals surface area contributed by atoms with Crippen LogP contribution in [0.4, 0.5) is 31.4 Å². The van der Waals surface area contributed by atoms with Gasteiger partial charge in [-0.05, 0) is 111 Å². The van der Waals surface area contributed by atoms with Crippen LogP contribution in [0.5, 0.6) is 17.2 Å². The molecule has 0 aliphatic rings. The van der Waals surface area contributed by atoms with Crippen molar-refractivity contribution >= 4 is 89.3 Å². The Kier molecular flexibility index (Phi) is 21.4. The van der Waals surface area contributed by atoms with Crippen molar-refractivity contribution < 1.29 is 65.5 Å². The van der Waals surface area contributed by atoms with Crippen LogP contribution in [0.1, 0.15) is 24.5 Å². The highest BCUT2D eigenvalue weighted by molar-refractivity contribution is 8.08. The predicted molar refractivity (Wildman–Crippen MR) is 276 cm³/mol. The number of ether oxygens (including phenoxy) is 5. The van der Waals surface area contributed by atoms with E-state index in [4.69, 9.17) is 49.1 Å². The quantitative estimate of drug-likeness (QED) is 0.00949. The second-order valence-corrected chi connectivity index (χ2v) is 19.5. The van der Waals surface area contributed by atoms with E-state index in [0.717, 1.165) is 9.79 Å². The number of hydrogen-bond acceptors (Lipinski definition) is 16. The van der Waals surface area contributed by atoms with E-state index in [1.807, 2.05) is 60.7 Å². The van der Waals surface area contributed by atoms with Crippen molar-refractivity contribution in [3.63, 3.8) is 0 Å². The van der Waals surface area contributed by atoms with Crippen molar-refractivity contribution in [2.75, 3.05) is 53.9 Å². The van der Waals surface area contributed by atoms with Crippen LogP contribution in [0.2, 0.25) is 0 Å². The van der Waals surface area contributed by atoms with Gasteiger partial charge in [0.1, 0.15) is 49.8 Å². The summed E-state index contributed by atoms with van der Waals surface area (Å²) in [4.78, 5) is 63.3. The molecular formula is C49H56N3O13PS3. The van der Waals surface area contributed by atoms with Gasteiger partial charge in [0.05, 0.1) is 6.42 Å². The lowest BCUT2D eigenvalue weighted by atomic mass is 10.2. The predicted octanol–water partition coefficient (Wildman–Crippen LogP) is 12.4.